The molecule has 3 saturated heterocycles. The van der Waals surface area contributed by atoms with Gasteiger partial charge in [0, 0.05) is 62.1 Å². The van der Waals surface area contributed by atoms with Gasteiger partial charge >= 0.3 is 0 Å². The molecule has 3 aromatic rings. The number of carbonyl (C=O) groups excluding carboxylic acids is 1. The lowest BCUT2D eigenvalue weighted by molar-refractivity contribution is -0.0705. The fraction of sp³-hybridized carbons (Fsp3) is 0.581. The minimum Gasteiger partial charge on any atom is -0.381 e. The number of anilines is 2. The Bertz CT molecular complexity index is 1390. The maximum Gasteiger partial charge on any atom is 0.251 e. The first kappa shape index (κ1) is 26.7. The molecule has 0 radical (unpaired) electrons. The molecule has 4 fully saturated rings. The van der Waals surface area contributed by atoms with Gasteiger partial charge in [-0.3, -0.25) is 9.69 Å². The van der Waals surface area contributed by atoms with Crippen molar-refractivity contribution in [2.45, 2.75) is 63.6 Å². The molecular formula is C31H41N7O3. The summed E-state index contributed by atoms with van der Waals surface area (Å²) in [6, 6.07) is 9.44. The van der Waals surface area contributed by atoms with E-state index >= 15 is 0 Å². The van der Waals surface area contributed by atoms with Gasteiger partial charge in [-0.15, -0.1) is 0 Å². The van der Waals surface area contributed by atoms with Gasteiger partial charge in [-0.25, -0.2) is 4.98 Å². The van der Waals surface area contributed by atoms with Crippen LogP contribution < -0.4 is 16.0 Å². The van der Waals surface area contributed by atoms with Gasteiger partial charge in [-0.05, 0) is 68.6 Å². The molecule has 0 spiro atoms. The van der Waals surface area contributed by atoms with E-state index in [9.17, 15) is 4.79 Å². The fourth-order valence-corrected chi connectivity index (χ4v) is 6.19. The third-order valence-electron chi connectivity index (χ3n) is 9.10. The van der Waals surface area contributed by atoms with Gasteiger partial charge in [0.2, 0.25) is 0 Å². The number of nitrogens with one attached hydrogen (secondary N) is 3. The SMILES string of the molecule is Cc1cc(-c2cnn3c(NCC4CCOCC4)cc(NC4CCN(C5COC5)CC4)nc23)ccc1C(=O)NC1CC1. The zero-order valence-corrected chi connectivity index (χ0v) is 23.9. The molecule has 3 N–H and O–H groups in total. The fourth-order valence-electron chi connectivity index (χ4n) is 6.19. The maximum absolute atomic E-state index is 12.7. The topological polar surface area (TPSA) is 105 Å². The van der Waals surface area contributed by atoms with Crippen LogP contribution in [0.1, 0.15) is 54.4 Å². The van der Waals surface area contributed by atoms with Crippen LogP contribution in [0, 0.1) is 12.8 Å². The molecular weight excluding hydrogens is 518 g/mol. The van der Waals surface area contributed by atoms with Crippen LogP contribution >= 0.6 is 0 Å². The van der Waals surface area contributed by atoms with Crippen LogP contribution in [0.4, 0.5) is 11.6 Å². The molecule has 10 nitrogen and oxygen atoms in total. The Morgan fingerprint density at radius 2 is 1.80 bits per heavy atom. The molecule has 1 aliphatic carbocycles. The van der Waals surface area contributed by atoms with Gasteiger partial charge in [-0.1, -0.05) is 12.1 Å². The summed E-state index contributed by atoms with van der Waals surface area (Å²) in [5, 5.41) is 15.3. The average Bonchev–Trinajstić information content (AvgIpc) is 3.67. The van der Waals surface area contributed by atoms with Crippen molar-refractivity contribution in [3.63, 3.8) is 0 Å². The van der Waals surface area contributed by atoms with Crippen molar-refractivity contribution in [1.29, 1.82) is 0 Å². The molecule has 41 heavy (non-hydrogen) atoms. The number of rotatable bonds is 9. The van der Waals surface area contributed by atoms with Crippen LogP contribution in [0.5, 0.6) is 0 Å². The van der Waals surface area contributed by atoms with Crippen LogP contribution in [-0.2, 0) is 9.47 Å². The molecule has 218 valence electrons. The Hall–Kier alpha value is -3.21. The summed E-state index contributed by atoms with van der Waals surface area (Å²) < 4.78 is 12.9. The second-order valence-corrected chi connectivity index (χ2v) is 12.2. The van der Waals surface area contributed by atoms with Crippen molar-refractivity contribution < 1.29 is 14.3 Å². The number of aryl methyl sites for hydroxylation is 1. The Morgan fingerprint density at radius 1 is 1.00 bits per heavy atom. The van der Waals surface area contributed by atoms with Gasteiger partial charge in [0.05, 0.1) is 25.5 Å². The monoisotopic (exact) mass is 559 g/mol. The van der Waals surface area contributed by atoms with E-state index in [-0.39, 0.29) is 5.91 Å². The van der Waals surface area contributed by atoms with Crippen molar-refractivity contribution in [2.75, 3.05) is 56.7 Å². The average molecular weight is 560 g/mol. The third-order valence-corrected chi connectivity index (χ3v) is 9.10. The van der Waals surface area contributed by atoms with E-state index in [4.69, 9.17) is 19.6 Å². The predicted octanol–water partition coefficient (Wildman–Crippen LogP) is 3.71. The largest absolute Gasteiger partial charge is 0.381 e. The van der Waals surface area contributed by atoms with E-state index in [1.54, 1.807) is 0 Å². The predicted molar refractivity (Wildman–Crippen MR) is 159 cm³/mol. The zero-order chi connectivity index (χ0) is 27.8. The molecule has 7 rings (SSSR count). The van der Waals surface area contributed by atoms with Crippen LogP contribution in [0.25, 0.3) is 16.8 Å². The summed E-state index contributed by atoms with van der Waals surface area (Å²) in [4.78, 5) is 20.4. The number of nitrogens with zero attached hydrogens (tertiary/aromatic N) is 4. The van der Waals surface area contributed by atoms with E-state index in [0.717, 1.165) is 124 Å². The van der Waals surface area contributed by atoms with Crippen LogP contribution in [-0.4, -0.2) is 89.6 Å². The Morgan fingerprint density at radius 3 is 2.51 bits per heavy atom. The van der Waals surface area contributed by atoms with E-state index < -0.39 is 0 Å². The van der Waals surface area contributed by atoms with Gasteiger partial charge in [0.1, 0.15) is 11.6 Å². The first-order valence-electron chi connectivity index (χ1n) is 15.3. The molecule has 3 aliphatic heterocycles. The van der Waals surface area contributed by atoms with E-state index in [2.05, 4.69) is 33.0 Å². The quantitative estimate of drug-likeness (QED) is 0.365. The number of carbonyl (C=O) groups is 1. The van der Waals surface area contributed by atoms with Crippen molar-refractivity contribution in [1.82, 2.24) is 24.8 Å². The molecule has 5 heterocycles. The van der Waals surface area contributed by atoms with E-state index in [1.807, 2.05) is 29.8 Å². The molecule has 0 unspecified atom stereocenters. The van der Waals surface area contributed by atoms with Crippen molar-refractivity contribution in [3.05, 3.63) is 41.6 Å². The summed E-state index contributed by atoms with van der Waals surface area (Å²) in [5.41, 5.74) is 4.46. The Balaban J connectivity index is 1.15. The number of piperidine rings is 1. The lowest BCUT2D eigenvalue weighted by Crippen LogP contribution is -2.53. The molecule has 1 amide bonds. The molecule has 1 aromatic carbocycles. The first-order valence-corrected chi connectivity index (χ1v) is 15.3. The Kier molecular flexibility index (Phi) is 7.53. The smallest absolute Gasteiger partial charge is 0.251 e. The number of likely N-dealkylation sites (tertiary alicyclic amines) is 1. The highest BCUT2D eigenvalue weighted by Crippen LogP contribution is 2.30. The van der Waals surface area contributed by atoms with Crippen molar-refractivity contribution in [3.8, 4) is 11.1 Å². The first-order chi connectivity index (χ1) is 20.1. The number of amides is 1. The maximum atomic E-state index is 12.7. The van der Waals surface area contributed by atoms with Crippen molar-refractivity contribution >= 4 is 23.2 Å². The standard InChI is InChI=1S/C31H41N7O3/c1-20-14-22(2-5-26(20)31(39)35-23-3-4-23)27-17-33-38-29(32-16-21-8-12-40-13-9-21)15-28(36-30(27)38)34-24-6-10-37(11-7-24)25-18-41-19-25/h2,5,14-15,17,21,23-25,32H,3-4,6-13,16,18-19H2,1H3,(H,34,36)(H,35,39). The highest BCUT2D eigenvalue weighted by molar-refractivity contribution is 5.97. The van der Waals surface area contributed by atoms with Gasteiger partial charge < -0.3 is 25.4 Å². The molecule has 0 bridgehead atoms. The van der Waals surface area contributed by atoms with Gasteiger partial charge in [0.25, 0.3) is 5.91 Å². The van der Waals surface area contributed by atoms with Gasteiger partial charge in [-0.2, -0.15) is 9.61 Å². The molecule has 2 aromatic heterocycles. The van der Waals surface area contributed by atoms with E-state index in [1.165, 1.54) is 0 Å². The van der Waals surface area contributed by atoms with Crippen LogP contribution in [0.15, 0.2) is 30.5 Å². The number of hydrogen-bond donors (Lipinski definition) is 3. The summed E-state index contributed by atoms with van der Waals surface area (Å²) in [5.74, 6) is 2.40. The second kappa shape index (κ2) is 11.6. The third kappa shape index (κ3) is 5.91. The minimum absolute atomic E-state index is 0.0107. The molecule has 4 aliphatic rings. The number of ether oxygens (including phenoxy) is 2. The molecule has 0 atom stereocenters. The summed E-state index contributed by atoms with van der Waals surface area (Å²) in [7, 11) is 0. The second-order valence-electron chi connectivity index (χ2n) is 12.2. The van der Waals surface area contributed by atoms with E-state index in [0.29, 0.717) is 24.0 Å². The van der Waals surface area contributed by atoms with Gasteiger partial charge in [0.15, 0.2) is 5.65 Å². The highest BCUT2D eigenvalue weighted by atomic mass is 16.5. The minimum atomic E-state index is 0.0107. The lowest BCUT2D eigenvalue weighted by Gasteiger charge is -2.41. The van der Waals surface area contributed by atoms with Crippen molar-refractivity contribution in [2.24, 2.45) is 5.92 Å². The summed E-state index contributed by atoms with van der Waals surface area (Å²) in [6.07, 6.45) is 8.36. The number of benzene rings is 1. The number of aromatic nitrogens is 3. The number of hydrogen-bond acceptors (Lipinski definition) is 8. The van der Waals surface area contributed by atoms with Crippen LogP contribution in [0.2, 0.25) is 0 Å². The highest BCUT2D eigenvalue weighted by Gasteiger charge is 2.30. The Labute approximate surface area is 241 Å². The molecule has 10 heteroatoms. The summed E-state index contributed by atoms with van der Waals surface area (Å²) >= 11 is 0. The molecule has 1 saturated carbocycles. The normalized spacial score (nSPS) is 21.1. The van der Waals surface area contributed by atoms with Crippen LogP contribution in [0.3, 0.4) is 0 Å². The zero-order valence-electron chi connectivity index (χ0n) is 23.9. The lowest BCUT2D eigenvalue weighted by atomic mass is 10.0. The summed E-state index contributed by atoms with van der Waals surface area (Å²) in [6.45, 7) is 8.44. The number of fused-ring (bicyclic) bond motifs is 1.